The highest BCUT2D eigenvalue weighted by Gasteiger charge is 2.16. The molecule has 0 spiro atoms. The zero-order chi connectivity index (χ0) is 17.1. The highest BCUT2D eigenvalue weighted by molar-refractivity contribution is 5.90. The van der Waals surface area contributed by atoms with Crippen LogP contribution in [0.15, 0.2) is 48.9 Å². The van der Waals surface area contributed by atoms with Gasteiger partial charge in [0.2, 0.25) is 5.91 Å². The lowest BCUT2D eigenvalue weighted by Gasteiger charge is -2.09. The molecule has 1 amide bonds. The van der Waals surface area contributed by atoms with Crippen molar-refractivity contribution in [2.24, 2.45) is 5.92 Å². The minimum absolute atomic E-state index is 0.0783. The number of amides is 1. The first-order valence-corrected chi connectivity index (χ1v) is 8.98. The topological polar surface area (TPSA) is 59.8 Å². The summed E-state index contributed by atoms with van der Waals surface area (Å²) in [6, 6.07) is 11.7. The zero-order valence-electron chi connectivity index (χ0n) is 14.2. The fourth-order valence-electron chi connectivity index (χ4n) is 3.60. The predicted octanol–water partition coefficient (Wildman–Crippen LogP) is 4.33. The molecule has 0 bridgehead atoms. The van der Waals surface area contributed by atoms with Crippen LogP contribution in [-0.4, -0.2) is 20.4 Å². The molecule has 1 aliphatic rings. The molecule has 1 aromatic carbocycles. The third kappa shape index (κ3) is 3.55. The number of benzene rings is 1. The molecule has 0 aliphatic heterocycles. The fraction of sp³-hybridized carbons (Fsp3) is 0.350. The van der Waals surface area contributed by atoms with Gasteiger partial charge < -0.3 is 5.32 Å². The number of carbonyl (C=O) groups is 1. The molecule has 5 heteroatoms. The SMILES string of the molecule is O=C(CCC1CCCC1)Nc1ccc(-n2cnc3ccccc32)nc1. The number of fused-ring (bicyclic) bond motifs is 1. The lowest BCUT2D eigenvalue weighted by Crippen LogP contribution is -2.13. The number of imidazole rings is 1. The lowest BCUT2D eigenvalue weighted by molar-refractivity contribution is -0.116. The third-order valence-corrected chi connectivity index (χ3v) is 4.99. The van der Waals surface area contributed by atoms with Crippen molar-refractivity contribution in [1.82, 2.24) is 14.5 Å². The standard InChI is InChI=1S/C20H22N4O/c25-20(12-9-15-5-1-2-6-15)23-16-10-11-19(21-13-16)24-14-22-17-7-3-4-8-18(17)24/h3-4,7-8,10-11,13-15H,1-2,5-6,9,12H2,(H,23,25). The molecule has 4 rings (SSSR count). The van der Waals surface area contributed by atoms with Crippen LogP contribution < -0.4 is 5.32 Å². The van der Waals surface area contributed by atoms with E-state index in [1.54, 1.807) is 12.5 Å². The van der Waals surface area contributed by atoms with E-state index in [2.05, 4.69) is 15.3 Å². The number of pyridine rings is 1. The van der Waals surface area contributed by atoms with Crippen LogP contribution in [0.2, 0.25) is 0 Å². The van der Waals surface area contributed by atoms with Crippen molar-refractivity contribution in [3.8, 4) is 5.82 Å². The van der Waals surface area contributed by atoms with Gasteiger partial charge in [0.1, 0.15) is 12.1 Å². The molecule has 0 saturated heterocycles. The van der Waals surface area contributed by atoms with Gasteiger partial charge >= 0.3 is 0 Å². The molecule has 0 radical (unpaired) electrons. The zero-order valence-corrected chi connectivity index (χ0v) is 14.2. The van der Waals surface area contributed by atoms with E-state index in [9.17, 15) is 4.79 Å². The van der Waals surface area contributed by atoms with Gasteiger partial charge in [-0.2, -0.15) is 0 Å². The van der Waals surface area contributed by atoms with Gasteiger partial charge in [0.25, 0.3) is 0 Å². The first-order chi connectivity index (χ1) is 12.3. The van der Waals surface area contributed by atoms with Crippen LogP contribution in [0.4, 0.5) is 5.69 Å². The second kappa shape index (κ2) is 7.05. The van der Waals surface area contributed by atoms with Crippen molar-refractivity contribution in [1.29, 1.82) is 0 Å². The molecule has 2 heterocycles. The van der Waals surface area contributed by atoms with Crippen LogP contribution in [0.5, 0.6) is 0 Å². The maximum atomic E-state index is 12.1. The van der Waals surface area contributed by atoms with Gasteiger partial charge in [-0.1, -0.05) is 37.8 Å². The van der Waals surface area contributed by atoms with Crippen LogP contribution in [0.1, 0.15) is 38.5 Å². The molecular formula is C20H22N4O. The third-order valence-electron chi connectivity index (χ3n) is 4.99. The molecule has 2 aromatic heterocycles. The van der Waals surface area contributed by atoms with E-state index in [0.29, 0.717) is 6.42 Å². The minimum Gasteiger partial charge on any atom is -0.325 e. The van der Waals surface area contributed by atoms with Crippen molar-refractivity contribution < 1.29 is 4.79 Å². The molecule has 128 valence electrons. The average molecular weight is 334 g/mol. The summed E-state index contributed by atoms with van der Waals surface area (Å²) in [6.45, 7) is 0. The van der Waals surface area contributed by atoms with Crippen molar-refractivity contribution in [2.45, 2.75) is 38.5 Å². The Balaban J connectivity index is 1.40. The second-order valence-electron chi connectivity index (χ2n) is 6.75. The molecule has 3 aromatic rings. The van der Waals surface area contributed by atoms with Crippen molar-refractivity contribution in [2.75, 3.05) is 5.32 Å². The molecule has 1 fully saturated rings. The molecule has 0 unspecified atom stereocenters. The number of aromatic nitrogens is 3. The number of nitrogens with zero attached hydrogens (tertiary/aromatic N) is 3. The van der Waals surface area contributed by atoms with Crippen LogP contribution >= 0.6 is 0 Å². The molecule has 1 aliphatic carbocycles. The quantitative estimate of drug-likeness (QED) is 0.755. The highest BCUT2D eigenvalue weighted by atomic mass is 16.1. The number of anilines is 1. The van der Waals surface area contributed by atoms with E-state index in [0.717, 1.165) is 34.9 Å². The first kappa shape index (κ1) is 15.8. The summed E-state index contributed by atoms with van der Waals surface area (Å²) in [5.74, 6) is 1.60. The smallest absolute Gasteiger partial charge is 0.224 e. The van der Waals surface area contributed by atoms with Gasteiger partial charge in [0.15, 0.2) is 0 Å². The number of hydrogen-bond acceptors (Lipinski definition) is 3. The van der Waals surface area contributed by atoms with E-state index < -0.39 is 0 Å². The Labute approximate surface area is 147 Å². The minimum atomic E-state index is 0.0783. The Morgan fingerprint density at radius 2 is 1.96 bits per heavy atom. The van der Waals surface area contributed by atoms with Crippen LogP contribution in [0, 0.1) is 5.92 Å². The van der Waals surface area contributed by atoms with E-state index in [-0.39, 0.29) is 5.91 Å². The number of carbonyl (C=O) groups excluding carboxylic acids is 1. The van der Waals surface area contributed by atoms with E-state index in [1.807, 2.05) is 41.0 Å². The van der Waals surface area contributed by atoms with Crippen molar-refractivity contribution in [3.05, 3.63) is 48.9 Å². The predicted molar refractivity (Wildman–Crippen MR) is 98.7 cm³/mol. The van der Waals surface area contributed by atoms with Gasteiger partial charge in [-0.05, 0) is 36.6 Å². The Morgan fingerprint density at radius 1 is 1.12 bits per heavy atom. The molecule has 1 saturated carbocycles. The Hall–Kier alpha value is -2.69. The number of hydrogen-bond donors (Lipinski definition) is 1. The van der Waals surface area contributed by atoms with Gasteiger partial charge in [-0.3, -0.25) is 9.36 Å². The molecule has 1 N–H and O–H groups in total. The summed E-state index contributed by atoms with van der Waals surface area (Å²) >= 11 is 0. The van der Waals surface area contributed by atoms with E-state index >= 15 is 0 Å². The maximum absolute atomic E-state index is 12.1. The lowest BCUT2D eigenvalue weighted by atomic mass is 10.0. The number of para-hydroxylation sites is 2. The second-order valence-corrected chi connectivity index (χ2v) is 6.75. The summed E-state index contributed by atoms with van der Waals surface area (Å²) in [5.41, 5.74) is 2.70. The highest BCUT2D eigenvalue weighted by Crippen LogP contribution is 2.28. The molecule has 0 atom stereocenters. The number of rotatable bonds is 5. The summed E-state index contributed by atoms with van der Waals surface area (Å²) in [5, 5.41) is 2.95. The van der Waals surface area contributed by atoms with Crippen molar-refractivity contribution in [3.63, 3.8) is 0 Å². The Morgan fingerprint density at radius 3 is 2.76 bits per heavy atom. The van der Waals surface area contributed by atoms with E-state index in [4.69, 9.17) is 0 Å². The average Bonchev–Trinajstić information content (AvgIpc) is 3.30. The van der Waals surface area contributed by atoms with Crippen LogP contribution in [0.25, 0.3) is 16.9 Å². The summed E-state index contributed by atoms with van der Waals surface area (Å²) in [4.78, 5) is 21.0. The first-order valence-electron chi connectivity index (χ1n) is 8.98. The van der Waals surface area contributed by atoms with Gasteiger partial charge in [0, 0.05) is 6.42 Å². The molecule has 25 heavy (non-hydrogen) atoms. The van der Waals surface area contributed by atoms with Crippen LogP contribution in [0.3, 0.4) is 0 Å². The summed E-state index contributed by atoms with van der Waals surface area (Å²) in [7, 11) is 0. The Bertz CT molecular complexity index is 863. The largest absolute Gasteiger partial charge is 0.325 e. The van der Waals surface area contributed by atoms with Gasteiger partial charge in [-0.25, -0.2) is 9.97 Å². The summed E-state index contributed by atoms with van der Waals surface area (Å²) in [6.07, 6.45) is 10.3. The van der Waals surface area contributed by atoms with Gasteiger partial charge in [0.05, 0.1) is 22.9 Å². The fourth-order valence-corrected chi connectivity index (χ4v) is 3.60. The Kier molecular flexibility index (Phi) is 4.46. The van der Waals surface area contributed by atoms with Crippen LogP contribution in [-0.2, 0) is 4.79 Å². The van der Waals surface area contributed by atoms with E-state index in [1.165, 1.54) is 25.7 Å². The van der Waals surface area contributed by atoms with Crippen molar-refractivity contribution >= 4 is 22.6 Å². The molecule has 5 nitrogen and oxygen atoms in total. The normalized spacial score (nSPS) is 14.9. The summed E-state index contributed by atoms with van der Waals surface area (Å²) < 4.78 is 1.95. The monoisotopic (exact) mass is 334 g/mol. The maximum Gasteiger partial charge on any atom is 0.224 e. The van der Waals surface area contributed by atoms with Gasteiger partial charge in [-0.15, -0.1) is 0 Å². The number of nitrogens with one attached hydrogen (secondary N) is 1. The molecular weight excluding hydrogens is 312 g/mol.